The van der Waals surface area contributed by atoms with Crippen molar-refractivity contribution in [1.82, 2.24) is 15.0 Å². The smallest absolute Gasteiger partial charge is 0.475 e. The van der Waals surface area contributed by atoms with Gasteiger partial charge in [0.2, 0.25) is 0 Å². The first kappa shape index (κ1) is 29.0. The van der Waals surface area contributed by atoms with E-state index in [0.717, 1.165) is 28.0 Å². The van der Waals surface area contributed by atoms with Gasteiger partial charge in [-0.2, -0.15) is 18.4 Å². The first-order valence-electron chi connectivity index (χ1n) is 12.0. The van der Waals surface area contributed by atoms with Crippen molar-refractivity contribution in [1.29, 1.82) is 5.26 Å². The third kappa shape index (κ3) is 7.76. The molecule has 0 aliphatic heterocycles. The van der Waals surface area contributed by atoms with Crippen molar-refractivity contribution in [3.05, 3.63) is 109 Å². The van der Waals surface area contributed by atoms with Crippen LogP contribution in [0.3, 0.4) is 0 Å². The van der Waals surface area contributed by atoms with E-state index in [2.05, 4.69) is 37.0 Å². The maximum absolute atomic E-state index is 12.7. The molecule has 0 fully saturated rings. The molecule has 0 atom stereocenters. The van der Waals surface area contributed by atoms with Crippen LogP contribution in [0.15, 0.2) is 97.6 Å². The number of fused-ring (bicyclic) bond motifs is 1. The number of carbonyl (C=O) groups excluding carboxylic acids is 1. The SMILES string of the molecule is N#Cc1ccc2nccc(Nc3ccc(C(=O)Nc4ccc(Nc5ccncc5)nc4)cc3)c2c1.O=C(O)C(F)(F)F. The number of nitrogens with one attached hydrogen (secondary N) is 3. The predicted molar refractivity (Wildman–Crippen MR) is 150 cm³/mol. The first-order valence-corrected chi connectivity index (χ1v) is 12.0. The Morgan fingerprint density at radius 1 is 0.810 bits per heavy atom. The minimum absolute atomic E-state index is 0.235. The Morgan fingerprint density at radius 2 is 1.48 bits per heavy atom. The first-order chi connectivity index (χ1) is 20.1. The van der Waals surface area contributed by atoms with E-state index in [1.807, 2.05) is 36.4 Å². The molecule has 0 aliphatic carbocycles. The second kappa shape index (κ2) is 12.9. The number of benzene rings is 2. The highest BCUT2D eigenvalue weighted by Crippen LogP contribution is 2.26. The lowest BCUT2D eigenvalue weighted by Gasteiger charge is -2.11. The van der Waals surface area contributed by atoms with E-state index < -0.39 is 12.1 Å². The van der Waals surface area contributed by atoms with Gasteiger partial charge in [-0.15, -0.1) is 0 Å². The summed E-state index contributed by atoms with van der Waals surface area (Å²) in [4.78, 5) is 34.2. The quantitative estimate of drug-likeness (QED) is 0.185. The Hall–Kier alpha value is -6.03. The molecule has 3 heterocycles. The van der Waals surface area contributed by atoms with Crippen LogP contribution in [0.5, 0.6) is 0 Å². The lowest BCUT2D eigenvalue weighted by Crippen LogP contribution is -2.21. The highest BCUT2D eigenvalue weighted by atomic mass is 19.4. The van der Waals surface area contributed by atoms with E-state index in [0.29, 0.717) is 22.6 Å². The zero-order chi connectivity index (χ0) is 30.1. The van der Waals surface area contributed by atoms with E-state index in [4.69, 9.17) is 9.90 Å². The molecule has 0 unspecified atom stereocenters. The van der Waals surface area contributed by atoms with Crippen LogP contribution in [0.1, 0.15) is 15.9 Å². The molecule has 0 saturated heterocycles. The molecular weight excluding hydrogens is 551 g/mol. The van der Waals surface area contributed by atoms with Gasteiger partial charge in [-0.25, -0.2) is 9.78 Å². The number of hydrogen-bond acceptors (Lipinski definition) is 8. The zero-order valence-corrected chi connectivity index (χ0v) is 21.4. The molecule has 42 heavy (non-hydrogen) atoms. The monoisotopic (exact) mass is 571 g/mol. The Balaban J connectivity index is 0.000000517. The second-order valence-electron chi connectivity index (χ2n) is 8.45. The molecule has 1 amide bonds. The molecule has 2 aromatic carbocycles. The number of hydrogen-bond donors (Lipinski definition) is 4. The van der Waals surface area contributed by atoms with E-state index in [9.17, 15) is 23.2 Å². The van der Waals surface area contributed by atoms with E-state index in [1.54, 1.807) is 61.2 Å². The normalized spacial score (nSPS) is 10.5. The van der Waals surface area contributed by atoms with Crippen LogP contribution in [0.4, 0.5) is 41.7 Å². The van der Waals surface area contributed by atoms with Gasteiger partial charge >= 0.3 is 12.1 Å². The highest BCUT2D eigenvalue weighted by molar-refractivity contribution is 6.04. The third-order valence-electron chi connectivity index (χ3n) is 5.51. The summed E-state index contributed by atoms with van der Waals surface area (Å²) in [6.45, 7) is 0. The molecule has 0 aliphatic rings. The fourth-order valence-corrected chi connectivity index (χ4v) is 3.51. The summed E-state index contributed by atoms with van der Waals surface area (Å²) in [5, 5.41) is 26.5. The number of rotatable bonds is 6. The average Bonchev–Trinajstić information content (AvgIpc) is 2.99. The molecule has 0 saturated carbocycles. The number of halogens is 3. The maximum atomic E-state index is 12.7. The third-order valence-corrected chi connectivity index (χ3v) is 5.51. The van der Waals surface area contributed by atoms with Crippen LogP contribution in [-0.4, -0.2) is 38.1 Å². The predicted octanol–water partition coefficient (Wildman–Crippen LogP) is 6.27. The van der Waals surface area contributed by atoms with Crippen LogP contribution < -0.4 is 16.0 Å². The Kier molecular flexibility index (Phi) is 8.88. The van der Waals surface area contributed by atoms with Gasteiger partial charge in [0.05, 0.1) is 29.0 Å². The number of carboxylic acids is 1. The van der Waals surface area contributed by atoms with Crippen molar-refractivity contribution in [2.45, 2.75) is 6.18 Å². The topological polar surface area (TPSA) is 153 Å². The lowest BCUT2D eigenvalue weighted by molar-refractivity contribution is -0.192. The summed E-state index contributed by atoms with van der Waals surface area (Å²) in [7, 11) is 0. The van der Waals surface area contributed by atoms with Crippen molar-refractivity contribution >= 4 is 51.3 Å². The Bertz CT molecular complexity index is 1740. The summed E-state index contributed by atoms with van der Waals surface area (Å²) in [5.74, 6) is -2.33. The van der Waals surface area contributed by atoms with Gasteiger partial charge in [-0.3, -0.25) is 14.8 Å². The van der Waals surface area contributed by atoms with Crippen molar-refractivity contribution < 1.29 is 27.9 Å². The Morgan fingerprint density at radius 3 is 2.10 bits per heavy atom. The average molecular weight is 572 g/mol. The van der Waals surface area contributed by atoms with Gasteiger partial charge < -0.3 is 21.1 Å². The molecule has 4 N–H and O–H groups in total. The Labute approximate surface area is 236 Å². The summed E-state index contributed by atoms with van der Waals surface area (Å²) >= 11 is 0. The molecule has 210 valence electrons. The summed E-state index contributed by atoms with van der Waals surface area (Å²) in [6, 6.07) is 23.8. The maximum Gasteiger partial charge on any atom is 0.490 e. The molecule has 0 bridgehead atoms. The standard InChI is InChI=1S/C27H19N7O.C2HF3O2/c28-16-18-1-7-24-23(15-18)25(11-14-30-24)32-20-4-2-19(3-5-20)27(35)34-22-6-8-26(31-17-22)33-21-9-12-29-13-10-21;3-2(4,5)1(6)7/h1-15,17H,(H,30,32)(H,34,35)(H,29,31,33);(H,6,7). The van der Waals surface area contributed by atoms with Crippen LogP contribution in [-0.2, 0) is 4.79 Å². The van der Waals surface area contributed by atoms with E-state index >= 15 is 0 Å². The second-order valence-corrected chi connectivity index (χ2v) is 8.45. The zero-order valence-electron chi connectivity index (χ0n) is 21.4. The number of anilines is 5. The van der Waals surface area contributed by atoms with Gasteiger partial charge in [-0.05, 0) is 72.8 Å². The van der Waals surface area contributed by atoms with Crippen LogP contribution in [0.2, 0.25) is 0 Å². The van der Waals surface area contributed by atoms with Gasteiger partial charge in [0.15, 0.2) is 0 Å². The van der Waals surface area contributed by atoms with Crippen molar-refractivity contribution in [2.24, 2.45) is 0 Å². The largest absolute Gasteiger partial charge is 0.490 e. The van der Waals surface area contributed by atoms with Crippen LogP contribution in [0, 0.1) is 11.3 Å². The molecule has 3 aromatic heterocycles. The molecule has 13 heteroatoms. The number of amides is 1. The van der Waals surface area contributed by atoms with Crippen LogP contribution >= 0.6 is 0 Å². The number of nitriles is 1. The van der Waals surface area contributed by atoms with Crippen LogP contribution in [0.25, 0.3) is 10.9 Å². The molecule has 10 nitrogen and oxygen atoms in total. The molecule has 5 aromatic rings. The van der Waals surface area contributed by atoms with Gasteiger partial charge in [0, 0.05) is 46.6 Å². The number of aromatic nitrogens is 3. The molecule has 0 radical (unpaired) electrons. The summed E-state index contributed by atoms with van der Waals surface area (Å²) < 4.78 is 31.7. The minimum Gasteiger partial charge on any atom is -0.475 e. The summed E-state index contributed by atoms with van der Waals surface area (Å²) in [6.07, 6.45) is 1.62. The lowest BCUT2D eigenvalue weighted by atomic mass is 10.1. The highest BCUT2D eigenvalue weighted by Gasteiger charge is 2.38. The van der Waals surface area contributed by atoms with Gasteiger partial charge in [-0.1, -0.05) is 0 Å². The number of aliphatic carboxylic acids is 1. The fourth-order valence-electron chi connectivity index (χ4n) is 3.51. The minimum atomic E-state index is -5.08. The van der Waals surface area contributed by atoms with Gasteiger partial charge in [0.1, 0.15) is 5.82 Å². The van der Waals surface area contributed by atoms with E-state index in [1.165, 1.54) is 0 Å². The van der Waals surface area contributed by atoms with Crippen molar-refractivity contribution in [3.8, 4) is 6.07 Å². The fraction of sp³-hybridized carbons (Fsp3) is 0.0345. The number of carbonyl (C=O) groups is 2. The molecule has 5 rings (SSSR count). The van der Waals surface area contributed by atoms with E-state index in [-0.39, 0.29) is 5.91 Å². The molecule has 0 spiro atoms. The van der Waals surface area contributed by atoms with Crippen molar-refractivity contribution in [2.75, 3.05) is 16.0 Å². The number of nitrogens with zero attached hydrogens (tertiary/aromatic N) is 4. The van der Waals surface area contributed by atoms with Gasteiger partial charge in [0.25, 0.3) is 5.91 Å². The number of pyridine rings is 3. The summed E-state index contributed by atoms with van der Waals surface area (Å²) in [5.41, 5.74) is 4.98. The number of carboxylic acid groups (broad SMARTS) is 1. The van der Waals surface area contributed by atoms with Crippen molar-refractivity contribution in [3.63, 3.8) is 0 Å². The molecular formula is C29H20F3N7O3. The number of alkyl halides is 3.